The highest BCUT2D eigenvalue weighted by molar-refractivity contribution is 7.92. The Morgan fingerprint density at radius 2 is 1.67 bits per heavy atom. The van der Waals surface area contributed by atoms with Gasteiger partial charge in [-0.2, -0.15) is 10.1 Å². The molecular formula is C31H39N7O4S. The number of sulfonamides is 1. The normalized spacial score (nSPS) is 14.2. The first-order valence-electron chi connectivity index (χ1n) is 14.4. The molecule has 0 radical (unpaired) electrons. The quantitative estimate of drug-likeness (QED) is 0.253. The summed E-state index contributed by atoms with van der Waals surface area (Å²) in [5.74, 6) is 1.89. The van der Waals surface area contributed by atoms with Crippen molar-refractivity contribution in [1.82, 2.24) is 24.6 Å². The zero-order valence-electron chi connectivity index (χ0n) is 25.3. The monoisotopic (exact) mass is 605 g/mol. The van der Waals surface area contributed by atoms with Crippen molar-refractivity contribution in [3.05, 3.63) is 66.5 Å². The van der Waals surface area contributed by atoms with Gasteiger partial charge in [-0.25, -0.2) is 18.1 Å². The molecule has 4 aromatic rings. The molecule has 1 fully saturated rings. The summed E-state index contributed by atoms with van der Waals surface area (Å²) in [6.07, 6.45) is 3.61. The lowest BCUT2D eigenvalue weighted by Gasteiger charge is -2.34. The van der Waals surface area contributed by atoms with Crippen LogP contribution in [0.5, 0.6) is 17.4 Å². The van der Waals surface area contributed by atoms with Crippen molar-refractivity contribution in [2.24, 2.45) is 13.0 Å². The average Bonchev–Trinajstić information content (AvgIpc) is 3.42. The standard InChI is InChI=1S/C31H39N7O4S/c1-22(2)12-17-41-26-9-6-23(3)28(18-26)29-19-30(34-31(33-29)35-43(39,40)27-20-32-37(5)21-27)42-25-10-7-24(8-11-25)38-15-13-36(4)14-16-38/h6-11,18-22H,12-17H2,1-5H3,(H,33,34,35). The molecular weight excluding hydrogens is 566 g/mol. The van der Waals surface area contributed by atoms with E-state index in [0.717, 1.165) is 49.4 Å². The lowest BCUT2D eigenvalue weighted by Crippen LogP contribution is -2.44. The van der Waals surface area contributed by atoms with E-state index in [9.17, 15) is 8.42 Å². The minimum Gasteiger partial charge on any atom is -0.494 e. The first kappa shape index (κ1) is 30.3. The van der Waals surface area contributed by atoms with Gasteiger partial charge < -0.3 is 19.3 Å². The predicted molar refractivity (Wildman–Crippen MR) is 167 cm³/mol. The molecule has 0 saturated carbocycles. The molecule has 1 saturated heterocycles. The first-order valence-corrected chi connectivity index (χ1v) is 15.9. The number of piperazine rings is 1. The van der Waals surface area contributed by atoms with E-state index < -0.39 is 10.0 Å². The number of nitrogens with one attached hydrogen (secondary N) is 1. The Balaban J connectivity index is 1.45. The van der Waals surface area contributed by atoms with Crippen molar-refractivity contribution in [3.8, 4) is 28.6 Å². The van der Waals surface area contributed by atoms with Crippen molar-refractivity contribution in [1.29, 1.82) is 0 Å². The molecule has 3 heterocycles. The highest BCUT2D eigenvalue weighted by Gasteiger charge is 2.20. The summed E-state index contributed by atoms with van der Waals surface area (Å²) in [6.45, 7) is 10.8. The van der Waals surface area contributed by atoms with Crippen molar-refractivity contribution in [3.63, 3.8) is 0 Å². The fourth-order valence-corrected chi connectivity index (χ4v) is 5.59. The molecule has 1 N–H and O–H groups in total. The number of hydrogen-bond donors (Lipinski definition) is 1. The molecule has 0 aliphatic carbocycles. The lowest BCUT2D eigenvalue weighted by atomic mass is 10.0. The number of rotatable bonds is 11. The lowest BCUT2D eigenvalue weighted by molar-refractivity contribution is 0.289. The van der Waals surface area contributed by atoms with E-state index in [4.69, 9.17) is 9.47 Å². The van der Waals surface area contributed by atoms with Gasteiger partial charge in [0.15, 0.2) is 0 Å². The third-order valence-electron chi connectivity index (χ3n) is 7.30. The van der Waals surface area contributed by atoms with Crippen molar-refractivity contribution in [2.75, 3.05) is 49.5 Å². The van der Waals surface area contributed by atoms with Gasteiger partial charge in [0, 0.05) is 56.7 Å². The number of anilines is 2. The van der Waals surface area contributed by atoms with E-state index in [1.807, 2.05) is 49.4 Å². The molecule has 5 rings (SSSR count). The molecule has 11 nitrogen and oxygen atoms in total. The number of hydrogen-bond acceptors (Lipinski definition) is 9. The number of likely N-dealkylation sites (N-methyl/N-ethyl adjacent to an activating group) is 1. The number of nitrogens with zero attached hydrogens (tertiary/aromatic N) is 6. The first-order chi connectivity index (χ1) is 20.6. The van der Waals surface area contributed by atoms with Gasteiger partial charge in [-0.05, 0) is 68.3 Å². The summed E-state index contributed by atoms with van der Waals surface area (Å²) in [5.41, 5.74) is 3.34. The Morgan fingerprint density at radius 3 is 2.35 bits per heavy atom. The van der Waals surface area contributed by atoms with Crippen LogP contribution in [0.1, 0.15) is 25.8 Å². The molecule has 0 spiro atoms. The Morgan fingerprint density at radius 1 is 0.953 bits per heavy atom. The van der Waals surface area contributed by atoms with Crippen LogP contribution in [0.2, 0.25) is 0 Å². The van der Waals surface area contributed by atoms with Gasteiger partial charge in [0.1, 0.15) is 16.4 Å². The summed E-state index contributed by atoms with van der Waals surface area (Å²) >= 11 is 0. The second kappa shape index (κ2) is 13.0. The van der Waals surface area contributed by atoms with Gasteiger partial charge in [0.05, 0.1) is 18.5 Å². The maximum atomic E-state index is 13.1. The van der Waals surface area contributed by atoms with Crippen LogP contribution in [0, 0.1) is 12.8 Å². The van der Waals surface area contributed by atoms with Crippen molar-refractivity contribution < 1.29 is 17.9 Å². The second-order valence-electron chi connectivity index (χ2n) is 11.3. The average molecular weight is 606 g/mol. The van der Waals surface area contributed by atoms with Crippen molar-refractivity contribution >= 4 is 21.7 Å². The van der Waals surface area contributed by atoms with Gasteiger partial charge in [0.25, 0.3) is 10.0 Å². The highest BCUT2D eigenvalue weighted by atomic mass is 32.2. The van der Waals surface area contributed by atoms with Gasteiger partial charge >= 0.3 is 0 Å². The topological polar surface area (TPSA) is 115 Å². The van der Waals surface area contributed by atoms with Crippen LogP contribution in [0.3, 0.4) is 0 Å². The van der Waals surface area contributed by atoms with E-state index in [1.165, 1.54) is 17.1 Å². The summed E-state index contributed by atoms with van der Waals surface area (Å²) in [7, 11) is -0.208. The minimum absolute atomic E-state index is 0.00250. The molecule has 1 aliphatic rings. The largest absolute Gasteiger partial charge is 0.494 e. The maximum absolute atomic E-state index is 13.1. The summed E-state index contributed by atoms with van der Waals surface area (Å²) in [4.78, 5) is 13.7. The van der Waals surface area contributed by atoms with Crippen LogP contribution in [-0.4, -0.2) is 72.9 Å². The van der Waals surface area contributed by atoms with E-state index in [1.54, 1.807) is 13.1 Å². The van der Waals surface area contributed by atoms with Crippen LogP contribution in [0.25, 0.3) is 11.3 Å². The van der Waals surface area contributed by atoms with Crippen LogP contribution < -0.4 is 19.1 Å². The molecule has 0 unspecified atom stereocenters. The van der Waals surface area contributed by atoms with Crippen LogP contribution >= 0.6 is 0 Å². The van der Waals surface area contributed by atoms with Gasteiger partial charge in [0.2, 0.25) is 11.8 Å². The summed E-state index contributed by atoms with van der Waals surface area (Å²) in [5, 5.41) is 3.98. The van der Waals surface area contributed by atoms with Crippen LogP contribution in [0.15, 0.2) is 65.8 Å². The number of aryl methyl sites for hydroxylation is 2. The molecule has 228 valence electrons. The van der Waals surface area contributed by atoms with E-state index in [2.05, 4.69) is 50.5 Å². The van der Waals surface area contributed by atoms with Gasteiger partial charge in [-0.15, -0.1) is 0 Å². The number of benzene rings is 2. The summed E-state index contributed by atoms with van der Waals surface area (Å²) in [6, 6.07) is 15.3. The number of ether oxygens (including phenoxy) is 2. The molecule has 0 atom stereocenters. The van der Waals surface area contributed by atoms with E-state index in [-0.39, 0.29) is 16.7 Å². The third kappa shape index (κ3) is 7.82. The molecule has 2 aromatic carbocycles. The third-order valence-corrected chi connectivity index (χ3v) is 8.58. The molecule has 2 aromatic heterocycles. The Labute approximate surface area is 253 Å². The zero-order valence-corrected chi connectivity index (χ0v) is 26.1. The SMILES string of the molecule is Cc1ccc(OCCC(C)C)cc1-c1cc(Oc2ccc(N3CCN(C)CC3)cc2)nc(NS(=O)(=O)c2cnn(C)c2)n1. The Kier molecular flexibility index (Phi) is 9.16. The maximum Gasteiger partial charge on any atom is 0.267 e. The van der Waals surface area contributed by atoms with Crippen LogP contribution in [-0.2, 0) is 17.1 Å². The van der Waals surface area contributed by atoms with Crippen LogP contribution in [0.4, 0.5) is 11.6 Å². The second-order valence-corrected chi connectivity index (χ2v) is 12.9. The highest BCUT2D eigenvalue weighted by Crippen LogP contribution is 2.32. The molecule has 1 aliphatic heterocycles. The van der Waals surface area contributed by atoms with E-state index >= 15 is 0 Å². The molecule has 43 heavy (non-hydrogen) atoms. The van der Waals surface area contributed by atoms with Crippen molar-refractivity contribution in [2.45, 2.75) is 32.1 Å². The Hall–Kier alpha value is -4.16. The van der Waals surface area contributed by atoms with Gasteiger partial charge in [-0.3, -0.25) is 4.68 Å². The zero-order chi connectivity index (χ0) is 30.6. The number of aromatic nitrogens is 4. The fraction of sp³-hybridized carbons (Fsp3) is 0.387. The molecule has 0 bridgehead atoms. The molecule has 12 heteroatoms. The molecule has 0 amide bonds. The van der Waals surface area contributed by atoms with E-state index in [0.29, 0.717) is 29.7 Å². The summed E-state index contributed by atoms with van der Waals surface area (Å²) < 4.78 is 42.3. The smallest absolute Gasteiger partial charge is 0.267 e. The minimum atomic E-state index is -3.99. The fourth-order valence-electron chi connectivity index (χ4n) is 4.67. The predicted octanol–water partition coefficient (Wildman–Crippen LogP) is 4.96. The Bertz CT molecular complexity index is 1650. The van der Waals surface area contributed by atoms with Gasteiger partial charge in [-0.1, -0.05) is 19.9 Å².